The number of aliphatic hydroxyl groups excluding tert-OH is 1. The monoisotopic (exact) mass is 409 g/mol. The van der Waals surface area contributed by atoms with Gasteiger partial charge < -0.3 is 19.3 Å². The van der Waals surface area contributed by atoms with Crippen LogP contribution in [0.15, 0.2) is 30.6 Å². The average Bonchev–Trinajstić information content (AvgIpc) is 3.21. The molecule has 2 aliphatic heterocycles. The molecule has 0 bridgehead atoms. The van der Waals surface area contributed by atoms with Gasteiger partial charge in [-0.15, -0.1) is 21.5 Å². The van der Waals surface area contributed by atoms with Crippen LogP contribution < -0.4 is 4.90 Å². The highest BCUT2D eigenvalue weighted by Gasteiger charge is 2.34. The third kappa shape index (κ3) is 3.06. The lowest BCUT2D eigenvalue weighted by Gasteiger charge is -2.24. The number of ether oxygens (including phenoxy) is 1. The van der Waals surface area contributed by atoms with E-state index in [2.05, 4.69) is 20.8 Å². The Bertz CT molecular complexity index is 1040. The van der Waals surface area contributed by atoms with Gasteiger partial charge >= 0.3 is 0 Å². The van der Waals surface area contributed by atoms with Gasteiger partial charge in [0.05, 0.1) is 4.88 Å². The molecule has 0 aromatic carbocycles. The van der Waals surface area contributed by atoms with Crippen LogP contribution in [0.3, 0.4) is 0 Å². The van der Waals surface area contributed by atoms with E-state index < -0.39 is 6.23 Å². The third-order valence-corrected chi connectivity index (χ3v) is 7.51. The molecule has 3 aliphatic rings. The third-order valence-electron chi connectivity index (χ3n) is 6.13. The molecule has 29 heavy (non-hydrogen) atoms. The van der Waals surface area contributed by atoms with E-state index in [1.807, 2.05) is 23.1 Å². The van der Waals surface area contributed by atoms with Crippen LogP contribution in [0.4, 0.5) is 5.82 Å². The number of hydrogen-bond acceptors (Lipinski definition) is 7. The van der Waals surface area contributed by atoms with Gasteiger partial charge in [0.15, 0.2) is 12.1 Å². The van der Waals surface area contributed by atoms with Gasteiger partial charge in [-0.2, -0.15) is 0 Å². The molecule has 3 aromatic heterocycles. The zero-order valence-corrected chi connectivity index (χ0v) is 16.9. The number of rotatable bonds is 4. The van der Waals surface area contributed by atoms with Crippen molar-refractivity contribution in [2.75, 3.05) is 18.1 Å². The minimum absolute atomic E-state index is 0.499. The first kappa shape index (κ1) is 17.6. The van der Waals surface area contributed by atoms with E-state index in [-0.39, 0.29) is 0 Å². The van der Waals surface area contributed by atoms with Gasteiger partial charge in [0.2, 0.25) is 0 Å². The van der Waals surface area contributed by atoms with Crippen LogP contribution in [0.5, 0.6) is 0 Å². The van der Waals surface area contributed by atoms with Gasteiger partial charge in [-0.3, -0.25) is 0 Å². The van der Waals surface area contributed by atoms with E-state index in [0.717, 1.165) is 48.3 Å². The average molecular weight is 410 g/mol. The Balaban J connectivity index is 1.26. The molecular formula is C21H23N5O2S. The number of aliphatic hydroxyl groups is 1. The summed E-state index contributed by atoms with van der Waals surface area (Å²) < 4.78 is 7.61. The summed E-state index contributed by atoms with van der Waals surface area (Å²) in [4.78, 5) is 9.23. The molecule has 1 unspecified atom stereocenters. The topological polar surface area (TPSA) is 76.3 Å². The Labute approximate surface area is 173 Å². The van der Waals surface area contributed by atoms with Crippen molar-refractivity contribution in [3.05, 3.63) is 45.9 Å². The second kappa shape index (κ2) is 6.90. The fourth-order valence-electron chi connectivity index (χ4n) is 4.36. The normalized spacial score (nSPS) is 22.2. The lowest BCUT2D eigenvalue weighted by atomic mass is 9.98. The highest BCUT2D eigenvalue weighted by molar-refractivity contribution is 7.12. The molecule has 2 fully saturated rings. The molecule has 7 nitrogen and oxygen atoms in total. The van der Waals surface area contributed by atoms with Crippen molar-refractivity contribution in [3.63, 3.8) is 0 Å². The van der Waals surface area contributed by atoms with Crippen LogP contribution in [-0.4, -0.2) is 38.1 Å². The number of anilines is 1. The number of hydrogen-bond donors (Lipinski definition) is 1. The van der Waals surface area contributed by atoms with Crippen LogP contribution in [0.25, 0.3) is 11.5 Å². The summed E-state index contributed by atoms with van der Waals surface area (Å²) >= 11 is 1.75. The SMILES string of the molecule is OC1c2sc(C3CCOCC3)cc2CN1c1cccc(-c2nncn2C2CC2)n1. The van der Waals surface area contributed by atoms with Gasteiger partial charge in [0, 0.05) is 30.7 Å². The summed E-state index contributed by atoms with van der Waals surface area (Å²) in [6.07, 6.45) is 5.64. The van der Waals surface area contributed by atoms with E-state index >= 15 is 0 Å². The van der Waals surface area contributed by atoms with E-state index in [1.54, 1.807) is 17.7 Å². The van der Waals surface area contributed by atoms with E-state index in [9.17, 15) is 5.11 Å². The minimum atomic E-state index is -0.646. The van der Waals surface area contributed by atoms with Gasteiger partial charge in [-0.25, -0.2) is 4.98 Å². The van der Waals surface area contributed by atoms with Crippen molar-refractivity contribution in [3.8, 4) is 11.5 Å². The fourth-order valence-corrected chi connectivity index (χ4v) is 5.71. The molecule has 1 N–H and O–H groups in total. The maximum absolute atomic E-state index is 11.0. The highest BCUT2D eigenvalue weighted by Crippen LogP contribution is 2.44. The minimum Gasteiger partial charge on any atom is -0.381 e. The smallest absolute Gasteiger partial charge is 0.182 e. The van der Waals surface area contributed by atoms with Crippen LogP contribution in [-0.2, 0) is 11.3 Å². The van der Waals surface area contributed by atoms with Crippen LogP contribution in [0.2, 0.25) is 0 Å². The Morgan fingerprint density at radius 3 is 2.79 bits per heavy atom. The molecule has 0 spiro atoms. The zero-order valence-electron chi connectivity index (χ0n) is 16.1. The number of nitrogens with zero attached hydrogens (tertiary/aromatic N) is 5. The first-order chi connectivity index (χ1) is 14.3. The molecule has 3 aromatic rings. The summed E-state index contributed by atoms with van der Waals surface area (Å²) in [5.74, 6) is 2.14. The van der Waals surface area contributed by atoms with Crippen molar-refractivity contribution in [1.29, 1.82) is 0 Å². The maximum Gasteiger partial charge on any atom is 0.182 e. The molecule has 0 amide bonds. The predicted molar refractivity (Wildman–Crippen MR) is 110 cm³/mol. The fraction of sp³-hybridized carbons (Fsp3) is 0.476. The second-order valence-corrected chi connectivity index (χ2v) is 9.22. The van der Waals surface area contributed by atoms with Gasteiger partial charge in [0.25, 0.3) is 0 Å². The molecule has 5 heterocycles. The molecule has 1 saturated heterocycles. The van der Waals surface area contributed by atoms with E-state index in [1.165, 1.54) is 23.3 Å². The number of thiophene rings is 1. The van der Waals surface area contributed by atoms with Crippen molar-refractivity contribution < 1.29 is 9.84 Å². The highest BCUT2D eigenvalue weighted by atomic mass is 32.1. The Hall–Kier alpha value is -2.29. The lowest BCUT2D eigenvalue weighted by Crippen LogP contribution is -2.22. The summed E-state index contributed by atoms with van der Waals surface area (Å²) in [6.45, 7) is 2.36. The van der Waals surface area contributed by atoms with Crippen molar-refractivity contribution in [2.45, 2.75) is 50.4 Å². The van der Waals surface area contributed by atoms with E-state index in [0.29, 0.717) is 18.5 Å². The first-order valence-electron chi connectivity index (χ1n) is 10.3. The van der Waals surface area contributed by atoms with Gasteiger partial charge in [0.1, 0.15) is 17.8 Å². The molecule has 1 saturated carbocycles. The van der Waals surface area contributed by atoms with Crippen LogP contribution in [0.1, 0.15) is 59.2 Å². The summed E-state index contributed by atoms with van der Waals surface area (Å²) in [5, 5.41) is 19.4. The van der Waals surface area contributed by atoms with Crippen LogP contribution in [0, 0.1) is 0 Å². The van der Waals surface area contributed by atoms with Crippen molar-refractivity contribution in [2.24, 2.45) is 0 Å². The largest absolute Gasteiger partial charge is 0.381 e. The van der Waals surface area contributed by atoms with Gasteiger partial charge in [-0.1, -0.05) is 6.07 Å². The first-order valence-corrected chi connectivity index (χ1v) is 11.1. The number of pyridine rings is 1. The second-order valence-electron chi connectivity index (χ2n) is 8.10. The molecule has 6 rings (SSSR count). The lowest BCUT2D eigenvalue weighted by molar-refractivity contribution is 0.0860. The standard InChI is InChI=1S/C21H23N5O2S/c27-21-19-14(10-17(29-19)13-6-8-28-9-7-13)11-25(21)18-3-1-2-16(23-18)20-24-22-12-26(20)15-4-5-15/h1-3,10,12-13,15,21,27H,4-9,11H2. The van der Waals surface area contributed by atoms with Crippen LogP contribution >= 0.6 is 11.3 Å². The predicted octanol–water partition coefficient (Wildman–Crippen LogP) is 3.64. The quantitative estimate of drug-likeness (QED) is 0.709. The number of fused-ring (bicyclic) bond motifs is 1. The number of aromatic nitrogens is 4. The molecule has 0 radical (unpaired) electrons. The summed E-state index contributed by atoms with van der Waals surface area (Å²) in [6, 6.07) is 8.69. The molecule has 8 heteroatoms. The summed E-state index contributed by atoms with van der Waals surface area (Å²) in [5.41, 5.74) is 2.02. The summed E-state index contributed by atoms with van der Waals surface area (Å²) in [7, 11) is 0. The Morgan fingerprint density at radius 2 is 2.00 bits per heavy atom. The van der Waals surface area contributed by atoms with E-state index in [4.69, 9.17) is 9.72 Å². The Kier molecular flexibility index (Phi) is 4.18. The van der Waals surface area contributed by atoms with Gasteiger partial charge in [-0.05, 0) is 55.4 Å². The maximum atomic E-state index is 11.0. The van der Waals surface area contributed by atoms with Crippen molar-refractivity contribution in [1.82, 2.24) is 19.7 Å². The van der Waals surface area contributed by atoms with Crippen molar-refractivity contribution >= 4 is 17.2 Å². The molecular weight excluding hydrogens is 386 g/mol. The molecule has 1 atom stereocenters. The zero-order chi connectivity index (χ0) is 19.4. The molecule has 150 valence electrons. The Morgan fingerprint density at radius 1 is 1.14 bits per heavy atom. The molecule has 1 aliphatic carbocycles.